The second-order valence-electron chi connectivity index (χ2n) is 6.47. The van der Waals surface area contributed by atoms with Crippen molar-refractivity contribution in [3.05, 3.63) is 99.9 Å². The molecule has 158 valence electrons. The van der Waals surface area contributed by atoms with Crippen LogP contribution in [0.5, 0.6) is 5.75 Å². The fourth-order valence-corrected chi connectivity index (χ4v) is 2.72. The molecule has 2 N–H and O–H groups in total. The van der Waals surface area contributed by atoms with Gasteiger partial charge < -0.3 is 15.4 Å². The number of nitrogens with zero attached hydrogens (tertiary/aromatic N) is 1. The first kappa shape index (κ1) is 23.1. The third-order valence-electron chi connectivity index (χ3n) is 4.26. The maximum Gasteiger partial charge on any atom is 0.269 e. The summed E-state index contributed by atoms with van der Waals surface area (Å²) in [6.07, 6.45) is 0. The van der Waals surface area contributed by atoms with Crippen molar-refractivity contribution in [1.29, 1.82) is 0 Å². The molecule has 3 aromatic rings. The van der Waals surface area contributed by atoms with E-state index in [0.717, 1.165) is 29.1 Å². The highest BCUT2D eigenvalue weighted by molar-refractivity contribution is 5.85. The molecule has 30 heavy (non-hydrogen) atoms. The molecule has 0 heterocycles. The monoisotopic (exact) mass is 431 g/mol. The predicted octanol–water partition coefficient (Wildman–Crippen LogP) is 4.94. The molecule has 0 saturated carbocycles. The SMILES string of the molecule is Cl.O=[N+]([O-])c1ccc(NCCNCc2cccc(OCc3ccc(F)cc3)c2)cc1. The lowest BCUT2D eigenvalue weighted by Gasteiger charge is -2.10. The molecule has 6 nitrogen and oxygen atoms in total. The number of halogens is 2. The van der Waals surface area contributed by atoms with E-state index in [1.165, 1.54) is 24.3 Å². The second-order valence-corrected chi connectivity index (χ2v) is 6.47. The second kappa shape index (κ2) is 11.7. The van der Waals surface area contributed by atoms with E-state index < -0.39 is 4.92 Å². The van der Waals surface area contributed by atoms with Crippen LogP contribution in [0.25, 0.3) is 0 Å². The highest BCUT2D eigenvalue weighted by atomic mass is 35.5. The zero-order valence-electron chi connectivity index (χ0n) is 16.2. The van der Waals surface area contributed by atoms with E-state index in [1.807, 2.05) is 24.3 Å². The van der Waals surface area contributed by atoms with Crippen LogP contribution in [0.2, 0.25) is 0 Å². The van der Waals surface area contributed by atoms with E-state index >= 15 is 0 Å². The summed E-state index contributed by atoms with van der Waals surface area (Å²) >= 11 is 0. The molecular formula is C22H23ClFN3O3. The molecule has 0 aliphatic carbocycles. The van der Waals surface area contributed by atoms with Gasteiger partial charge in [0.2, 0.25) is 0 Å². The Hall–Kier alpha value is -3.16. The number of non-ortho nitro benzene ring substituents is 1. The molecule has 3 rings (SSSR count). The van der Waals surface area contributed by atoms with Gasteiger partial charge in [-0.2, -0.15) is 0 Å². The van der Waals surface area contributed by atoms with Gasteiger partial charge in [0.15, 0.2) is 0 Å². The van der Waals surface area contributed by atoms with Crippen LogP contribution in [0, 0.1) is 15.9 Å². The quantitative estimate of drug-likeness (QED) is 0.270. The Morgan fingerprint density at radius 3 is 2.37 bits per heavy atom. The molecule has 0 amide bonds. The summed E-state index contributed by atoms with van der Waals surface area (Å²) < 4.78 is 18.7. The number of nitrogens with one attached hydrogen (secondary N) is 2. The first-order valence-corrected chi connectivity index (χ1v) is 9.25. The lowest BCUT2D eigenvalue weighted by Crippen LogP contribution is -2.21. The predicted molar refractivity (Wildman–Crippen MR) is 118 cm³/mol. The summed E-state index contributed by atoms with van der Waals surface area (Å²) in [6.45, 7) is 2.50. The van der Waals surface area contributed by atoms with Crippen LogP contribution >= 0.6 is 12.4 Å². The highest BCUT2D eigenvalue weighted by Gasteiger charge is 2.03. The third-order valence-corrected chi connectivity index (χ3v) is 4.26. The van der Waals surface area contributed by atoms with Crippen molar-refractivity contribution >= 4 is 23.8 Å². The van der Waals surface area contributed by atoms with E-state index in [-0.39, 0.29) is 23.9 Å². The minimum Gasteiger partial charge on any atom is -0.489 e. The maximum atomic E-state index is 12.9. The van der Waals surface area contributed by atoms with Gasteiger partial charge in [-0.05, 0) is 47.5 Å². The number of hydrogen-bond donors (Lipinski definition) is 2. The van der Waals surface area contributed by atoms with E-state index in [2.05, 4.69) is 10.6 Å². The molecule has 0 spiro atoms. The summed E-state index contributed by atoms with van der Waals surface area (Å²) in [5, 5.41) is 17.2. The van der Waals surface area contributed by atoms with Crippen LogP contribution in [-0.2, 0) is 13.2 Å². The Morgan fingerprint density at radius 1 is 0.933 bits per heavy atom. The molecule has 0 aliphatic heterocycles. The van der Waals surface area contributed by atoms with Gasteiger partial charge in [0.05, 0.1) is 4.92 Å². The van der Waals surface area contributed by atoms with E-state index in [0.29, 0.717) is 19.7 Å². The fraction of sp³-hybridized carbons (Fsp3) is 0.182. The van der Waals surface area contributed by atoms with Crippen LogP contribution < -0.4 is 15.4 Å². The maximum absolute atomic E-state index is 12.9. The lowest BCUT2D eigenvalue weighted by atomic mass is 10.2. The van der Waals surface area contributed by atoms with Crippen molar-refractivity contribution in [3.8, 4) is 5.75 Å². The first-order chi connectivity index (χ1) is 14.1. The van der Waals surface area contributed by atoms with E-state index in [1.54, 1.807) is 24.3 Å². The Labute approximate surface area is 180 Å². The van der Waals surface area contributed by atoms with Crippen LogP contribution in [0.4, 0.5) is 15.8 Å². The lowest BCUT2D eigenvalue weighted by molar-refractivity contribution is -0.384. The number of rotatable bonds is 10. The van der Waals surface area contributed by atoms with Crippen LogP contribution in [0.3, 0.4) is 0 Å². The summed E-state index contributed by atoms with van der Waals surface area (Å²) in [5.41, 5.74) is 2.92. The Bertz CT molecular complexity index is 937. The number of benzene rings is 3. The smallest absolute Gasteiger partial charge is 0.269 e. The minimum absolute atomic E-state index is 0. The van der Waals surface area contributed by atoms with Gasteiger partial charge in [-0.3, -0.25) is 10.1 Å². The van der Waals surface area contributed by atoms with Gasteiger partial charge in [-0.25, -0.2) is 4.39 Å². The zero-order valence-corrected chi connectivity index (χ0v) is 17.0. The highest BCUT2D eigenvalue weighted by Crippen LogP contribution is 2.16. The molecule has 0 aliphatic rings. The van der Waals surface area contributed by atoms with Crippen molar-refractivity contribution < 1.29 is 14.1 Å². The van der Waals surface area contributed by atoms with E-state index in [9.17, 15) is 14.5 Å². The number of hydrogen-bond acceptors (Lipinski definition) is 5. The van der Waals surface area contributed by atoms with Crippen molar-refractivity contribution in [2.75, 3.05) is 18.4 Å². The summed E-state index contributed by atoms with van der Waals surface area (Å²) in [7, 11) is 0. The zero-order chi connectivity index (χ0) is 20.5. The van der Waals surface area contributed by atoms with Gasteiger partial charge in [0.25, 0.3) is 5.69 Å². The normalized spacial score (nSPS) is 10.2. The molecule has 0 saturated heterocycles. The molecule has 0 fully saturated rings. The summed E-state index contributed by atoms with van der Waals surface area (Å²) in [4.78, 5) is 10.2. The molecule has 8 heteroatoms. The number of ether oxygens (including phenoxy) is 1. The van der Waals surface area contributed by atoms with Crippen molar-refractivity contribution in [3.63, 3.8) is 0 Å². The van der Waals surface area contributed by atoms with Crippen molar-refractivity contribution in [2.24, 2.45) is 0 Å². The average molecular weight is 432 g/mol. The summed E-state index contributed by atoms with van der Waals surface area (Å²) in [6, 6.07) is 20.4. The van der Waals surface area contributed by atoms with Crippen LogP contribution in [0.15, 0.2) is 72.8 Å². The average Bonchev–Trinajstić information content (AvgIpc) is 2.74. The molecule has 0 atom stereocenters. The van der Waals surface area contributed by atoms with Gasteiger partial charge in [-0.15, -0.1) is 12.4 Å². The molecule has 0 bridgehead atoms. The van der Waals surface area contributed by atoms with Crippen LogP contribution in [-0.4, -0.2) is 18.0 Å². The Kier molecular flexibility index (Phi) is 9.05. The van der Waals surface area contributed by atoms with Crippen molar-refractivity contribution in [1.82, 2.24) is 5.32 Å². The molecule has 3 aromatic carbocycles. The van der Waals surface area contributed by atoms with Crippen molar-refractivity contribution in [2.45, 2.75) is 13.2 Å². The van der Waals surface area contributed by atoms with Crippen LogP contribution in [0.1, 0.15) is 11.1 Å². The first-order valence-electron chi connectivity index (χ1n) is 9.25. The Morgan fingerprint density at radius 2 is 1.67 bits per heavy atom. The number of nitro groups is 1. The minimum atomic E-state index is -0.414. The van der Waals surface area contributed by atoms with Gasteiger partial charge in [-0.1, -0.05) is 24.3 Å². The third kappa shape index (κ3) is 7.35. The van der Waals surface area contributed by atoms with Gasteiger partial charge in [0.1, 0.15) is 18.2 Å². The molecule has 0 unspecified atom stereocenters. The van der Waals surface area contributed by atoms with E-state index in [4.69, 9.17) is 4.74 Å². The van der Waals surface area contributed by atoms with Gasteiger partial charge >= 0.3 is 0 Å². The Balaban J connectivity index is 0.00000320. The standard InChI is InChI=1S/C22H22FN3O3.ClH/c23-19-6-4-17(5-7-19)16-29-22-3-1-2-18(14-22)15-24-12-13-25-20-8-10-21(11-9-20)26(27)28;/h1-11,14,24-25H,12-13,15-16H2;1H. The fourth-order valence-electron chi connectivity index (χ4n) is 2.72. The molecular weight excluding hydrogens is 409 g/mol. The number of anilines is 1. The molecule has 0 radical (unpaired) electrons. The topological polar surface area (TPSA) is 76.4 Å². The largest absolute Gasteiger partial charge is 0.489 e. The van der Waals surface area contributed by atoms with Gasteiger partial charge in [0, 0.05) is 37.5 Å². The number of nitro benzene ring substituents is 1. The molecule has 0 aromatic heterocycles. The summed E-state index contributed by atoms with van der Waals surface area (Å²) in [5.74, 6) is 0.502.